The molecule has 1 atom stereocenters. The molecule has 4 heterocycles. The largest absolute Gasteiger partial charge is 0.496 e. The van der Waals surface area contributed by atoms with Crippen molar-refractivity contribution >= 4 is 21.2 Å². The number of aromatic nitrogens is 2. The van der Waals surface area contributed by atoms with Gasteiger partial charge in [0, 0.05) is 48.4 Å². The molecule has 9 nitrogen and oxygen atoms in total. The molecule has 1 unspecified atom stereocenters. The van der Waals surface area contributed by atoms with Crippen molar-refractivity contribution in [2.75, 3.05) is 33.4 Å². The van der Waals surface area contributed by atoms with Gasteiger partial charge in [-0.3, -0.25) is 0 Å². The van der Waals surface area contributed by atoms with Crippen LogP contribution in [0.5, 0.6) is 5.75 Å². The summed E-state index contributed by atoms with van der Waals surface area (Å²) in [4.78, 5) is 7.85. The maximum atomic E-state index is 14.0. The van der Waals surface area contributed by atoms with Crippen LogP contribution in [0.3, 0.4) is 0 Å². The number of halogens is 1. The van der Waals surface area contributed by atoms with Gasteiger partial charge in [0.15, 0.2) is 5.79 Å². The Balaban J connectivity index is 1.28. The summed E-state index contributed by atoms with van der Waals surface area (Å²) >= 11 is 0. The number of ether oxygens (including phenoxy) is 3. The van der Waals surface area contributed by atoms with Crippen molar-refractivity contribution < 1.29 is 27.0 Å². The van der Waals surface area contributed by atoms with Gasteiger partial charge in [-0.05, 0) is 62.6 Å². The number of pyridine rings is 1. The van der Waals surface area contributed by atoms with E-state index in [1.807, 2.05) is 26.0 Å². The fourth-order valence-electron chi connectivity index (χ4n) is 4.95. The van der Waals surface area contributed by atoms with Gasteiger partial charge in [0.1, 0.15) is 17.2 Å². The number of piperidine rings is 1. The standard InChI is InChI=1S/C25H31FN4O5S/c1-25(2)34-15-18(35-25)14-28-36(31,32)30-10-7-16(8-11-30)22-13-21-19(6-9-27-24(21)29-22)20-12-17(26)4-5-23(20)33-3/h4-6,9,12-13,16,18,28H,7-8,10-11,14-15H2,1-3H3,(H,27,29). The molecule has 0 amide bonds. The Labute approximate surface area is 210 Å². The number of fused-ring (bicyclic) bond motifs is 1. The molecule has 0 saturated carbocycles. The monoisotopic (exact) mass is 518 g/mol. The number of hydrogen-bond donors (Lipinski definition) is 2. The molecule has 2 aliphatic heterocycles. The maximum absolute atomic E-state index is 14.0. The number of H-pyrrole nitrogens is 1. The molecule has 0 spiro atoms. The molecule has 2 N–H and O–H groups in total. The molecule has 1 aromatic carbocycles. The van der Waals surface area contributed by atoms with E-state index >= 15 is 0 Å². The van der Waals surface area contributed by atoms with Gasteiger partial charge in [-0.1, -0.05) is 0 Å². The van der Waals surface area contributed by atoms with Crippen molar-refractivity contribution in [2.24, 2.45) is 0 Å². The highest BCUT2D eigenvalue weighted by Crippen LogP contribution is 2.37. The zero-order valence-corrected chi connectivity index (χ0v) is 21.4. The first kappa shape index (κ1) is 25.1. The Morgan fingerprint density at radius 3 is 2.69 bits per heavy atom. The lowest BCUT2D eigenvalue weighted by molar-refractivity contribution is -0.137. The average Bonchev–Trinajstić information content (AvgIpc) is 3.45. The van der Waals surface area contributed by atoms with E-state index in [1.165, 1.54) is 16.4 Å². The summed E-state index contributed by atoms with van der Waals surface area (Å²) in [5, 5.41) is 0.870. The van der Waals surface area contributed by atoms with Gasteiger partial charge < -0.3 is 19.2 Å². The second-order valence-electron chi connectivity index (χ2n) is 9.67. The summed E-state index contributed by atoms with van der Waals surface area (Å²) in [5.41, 5.74) is 3.17. The zero-order valence-electron chi connectivity index (χ0n) is 20.6. The Hall–Kier alpha value is -2.57. The Kier molecular flexibility index (Phi) is 6.77. The fraction of sp³-hybridized carbons (Fsp3) is 0.480. The predicted octanol–water partition coefficient (Wildman–Crippen LogP) is 3.54. The molecule has 11 heteroatoms. The smallest absolute Gasteiger partial charge is 0.279 e. The van der Waals surface area contributed by atoms with Gasteiger partial charge in [-0.15, -0.1) is 0 Å². The van der Waals surface area contributed by atoms with Crippen molar-refractivity contribution in [1.29, 1.82) is 0 Å². The van der Waals surface area contributed by atoms with Crippen LogP contribution in [0.25, 0.3) is 22.2 Å². The molecule has 5 rings (SSSR count). The van der Waals surface area contributed by atoms with Crippen LogP contribution in [0.1, 0.15) is 38.3 Å². The molecule has 0 radical (unpaired) electrons. The molecule has 2 aromatic heterocycles. The van der Waals surface area contributed by atoms with E-state index in [9.17, 15) is 12.8 Å². The minimum Gasteiger partial charge on any atom is -0.496 e. The predicted molar refractivity (Wildman–Crippen MR) is 133 cm³/mol. The number of benzene rings is 1. The summed E-state index contributed by atoms with van der Waals surface area (Å²) < 4.78 is 60.5. The SMILES string of the molecule is COc1ccc(F)cc1-c1ccnc2[nH]c(C3CCN(S(=O)(=O)NCC4COC(C)(C)O4)CC3)cc12. The van der Waals surface area contributed by atoms with Crippen LogP contribution < -0.4 is 9.46 Å². The average molecular weight is 519 g/mol. The first-order chi connectivity index (χ1) is 17.1. The molecule has 2 aliphatic rings. The van der Waals surface area contributed by atoms with Crippen molar-refractivity contribution in [1.82, 2.24) is 19.0 Å². The van der Waals surface area contributed by atoms with Gasteiger partial charge in [-0.2, -0.15) is 17.4 Å². The molecule has 36 heavy (non-hydrogen) atoms. The van der Waals surface area contributed by atoms with E-state index in [1.54, 1.807) is 19.4 Å². The summed E-state index contributed by atoms with van der Waals surface area (Å²) in [6.07, 6.45) is 2.71. The lowest BCUT2D eigenvalue weighted by Crippen LogP contribution is -2.47. The van der Waals surface area contributed by atoms with Gasteiger partial charge >= 0.3 is 0 Å². The minimum atomic E-state index is -3.62. The number of aromatic amines is 1. The molecule has 0 aliphatic carbocycles. The third-order valence-electron chi connectivity index (χ3n) is 6.80. The maximum Gasteiger partial charge on any atom is 0.279 e. The van der Waals surface area contributed by atoms with Crippen molar-refractivity contribution in [3.8, 4) is 16.9 Å². The molecular formula is C25H31FN4O5S. The minimum absolute atomic E-state index is 0.153. The molecule has 2 saturated heterocycles. The van der Waals surface area contributed by atoms with Crippen LogP contribution in [-0.4, -0.2) is 67.9 Å². The van der Waals surface area contributed by atoms with Crippen LogP contribution in [0.2, 0.25) is 0 Å². The second-order valence-corrected chi connectivity index (χ2v) is 11.4. The summed E-state index contributed by atoms with van der Waals surface area (Å²) in [6, 6.07) is 8.32. The summed E-state index contributed by atoms with van der Waals surface area (Å²) in [6.45, 7) is 4.95. The number of hydrogen-bond acceptors (Lipinski definition) is 6. The fourth-order valence-corrected chi connectivity index (χ4v) is 6.22. The van der Waals surface area contributed by atoms with E-state index in [2.05, 4.69) is 14.7 Å². The summed E-state index contributed by atoms with van der Waals surface area (Å²) in [7, 11) is -2.06. The van der Waals surface area contributed by atoms with Gasteiger partial charge in [0.25, 0.3) is 10.2 Å². The lowest BCUT2D eigenvalue weighted by Gasteiger charge is -2.31. The molecule has 0 bridgehead atoms. The lowest BCUT2D eigenvalue weighted by atomic mass is 9.94. The normalized spacial score (nSPS) is 21.3. The number of nitrogens with one attached hydrogen (secondary N) is 2. The van der Waals surface area contributed by atoms with E-state index < -0.39 is 16.0 Å². The highest BCUT2D eigenvalue weighted by atomic mass is 32.2. The van der Waals surface area contributed by atoms with Gasteiger partial charge in [-0.25, -0.2) is 9.37 Å². The highest BCUT2D eigenvalue weighted by Gasteiger charge is 2.35. The van der Waals surface area contributed by atoms with E-state index in [0.717, 1.165) is 16.6 Å². The molecule has 2 fully saturated rings. The quantitative estimate of drug-likeness (QED) is 0.496. The van der Waals surface area contributed by atoms with E-state index in [0.29, 0.717) is 49.5 Å². The van der Waals surface area contributed by atoms with E-state index in [-0.39, 0.29) is 24.4 Å². The van der Waals surface area contributed by atoms with Crippen LogP contribution in [0.4, 0.5) is 4.39 Å². The molecule has 194 valence electrons. The van der Waals surface area contributed by atoms with Crippen LogP contribution in [-0.2, 0) is 19.7 Å². The van der Waals surface area contributed by atoms with Crippen molar-refractivity contribution in [3.05, 3.63) is 48.0 Å². The van der Waals surface area contributed by atoms with Crippen LogP contribution in [0.15, 0.2) is 36.5 Å². The number of rotatable bonds is 7. The Bertz CT molecular complexity index is 1350. The van der Waals surface area contributed by atoms with Crippen LogP contribution in [0, 0.1) is 5.82 Å². The van der Waals surface area contributed by atoms with Crippen molar-refractivity contribution in [3.63, 3.8) is 0 Å². The molecule has 3 aromatic rings. The first-order valence-corrected chi connectivity index (χ1v) is 13.5. The summed E-state index contributed by atoms with van der Waals surface area (Å²) in [5.74, 6) is -0.303. The Morgan fingerprint density at radius 1 is 1.22 bits per heavy atom. The third-order valence-corrected chi connectivity index (χ3v) is 8.38. The van der Waals surface area contributed by atoms with Crippen LogP contribution >= 0.6 is 0 Å². The third kappa shape index (κ3) is 5.12. The van der Waals surface area contributed by atoms with Gasteiger partial charge in [0.05, 0.1) is 19.8 Å². The second kappa shape index (κ2) is 9.71. The number of methoxy groups -OCH3 is 1. The molecular weight excluding hydrogens is 487 g/mol. The highest BCUT2D eigenvalue weighted by molar-refractivity contribution is 7.87. The number of nitrogens with zero attached hydrogens (tertiary/aromatic N) is 2. The van der Waals surface area contributed by atoms with Gasteiger partial charge in [0.2, 0.25) is 0 Å². The Morgan fingerprint density at radius 2 is 2.00 bits per heavy atom. The van der Waals surface area contributed by atoms with E-state index in [4.69, 9.17) is 14.2 Å². The zero-order chi connectivity index (χ0) is 25.5. The van der Waals surface area contributed by atoms with Crippen molar-refractivity contribution in [2.45, 2.75) is 44.5 Å². The topological polar surface area (TPSA) is 106 Å². The first-order valence-electron chi connectivity index (χ1n) is 12.0.